The van der Waals surface area contributed by atoms with E-state index < -0.39 is 0 Å². The van der Waals surface area contributed by atoms with Gasteiger partial charge < -0.3 is 15.1 Å². The van der Waals surface area contributed by atoms with E-state index in [9.17, 15) is 0 Å². The molecule has 1 N–H and O–H groups in total. The van der Waals surface area contributed by atoms with Gasteiger partial charge in [-0.3, -0.25) is 0 Å². The Kier molecular flexibility index (Phi) is 5.46. The van der Waals surface area contributed by atoms with Gasteiger partial charge in [-0.15, -0.1) is 0 Å². The van der Waals surface area contributed by atoms with Crippen LogP contribution in [-0.4, -0.2) is 62.2 Å². The van der Waals surface area contributed by atoms with Gasteiger partial charge in [-0.05, 0) is 65.2 Å². The summed E-state index contributed by atoms with van der Waals surface area (Å²) in [5.74, 6) is 0.897. The molecule has 0 bridgehead atoms. The van der Waals surface area contributed by atoms with Crippen molar-refractivity contribution in [3.63, 3.8) is 0 Å². The van der Waals surface area contributed by atoms with Crippen LogP contribution in [0.2, 0.25) is 0 Å². The fourth-order valence-electron chi connectivity index (χ4n) is 3.65. The second kappa shape index (κ2) is 6.88. The van der Waals surface area contributed by atoms with Crippen LogP contribution in [0.3, 0.4) is 0 Å². The SMILES string of the molecule is CNC1CCC(C)CC1N(C)CCN1CCCC1. The van der Waals surface area contributed by atoms with Crippen LogP contribution in [0, 0.1) is 5.92 Å². The van der Waals surface area contributed by atoms with E-state index in [1.165, 1.54) is 58.3 Å². The molecule has 0 aromatic heterocycles. The predicted molar refractivity (Wildman–Crippen MR) is 78.0 cm³/mol. The van der Waals surface area contributed by atoms with E-state index >= 15 is 0 Å². The van der Waals surface area contributed by atoms with E-state index in [0.717, 1.165) is 12.0 Å². The van der Waals surface area contributed by atoms with Gasteiger partial charge in [0.1, 0.15) is 0 Å². The standard InChI is InChI=1S/C15H31N3/c1-13-6-7-14(16-2)15(12-13)17(3)10-11-18-8-4-5-9-18/h13-16H,4-12H2,1-3H3. The molecule has 1 aliphatic heterocycles. The second-order valence-electron chi connectivity index (χ2n) is 6.41. The molecule has 1 aliphatic carbocycles. The molecule has 3 nitrogen and oxygen atoms in total. The Balaban J connectivity index is 1.79. The molecular weight excluding hydrogens is 222 g/mol. The van der Waals surface area contributed by atoms with Gasteiger partial charge >= 0.3 is 0 Å². The van der Waals surface area contributed by atoms with Crippen molar-refractivity contribution in [2.24, 2.45) is 5.92 Å². The van der Waals surface area contributed by atoms with Crippen LogP contribution >= 0.6 is 0 Å². The lowest BCUT2D eigenvalue weighted by molar-refractivity contribution is 0.118. The average Bonchev–Trinajstić information content (AvgIpc) is 2.89. The van der Waals surface area contributed by atoms with Crippen molar-refractivity contribution >= 4 is 0 Å². The zero-order chi connectivity index (χ0) is 13.0. The van der Waals surface area contributed by atoms with Crippen molar-refractivity contribution in [3.05, 3.63) is 0 Å². The Morgan fingerprint density at radius 2 is 1.94 bits per heavy atom. The summed E-state index contributed by atoms with van der Waals surface area (Å²) in [5.41, 5.74) is 0. The summed E-state index contributed by atoms with van der Waals surface area (Å²) in [6, 6.07) is 1.44. The Morgan fingerprint density at radius 3 is 2.61 bits per heavy atom. The van der Waals surface area contributed by atoms with E-state index in [1.807, 2.05) is 0 Å². The molecule has 0 aromatic rings. The van der Waals surface area contributed by atoms with Crippen LogP contribution < -0.4 is 5.32 Å². The molecule has 1 heterocycles. The Hall–Kier alpha value is -0.120. The Bertz CT molecular complexity index is 238. The monoisotopic (exact) mass is 253 g/mol. The Labute approximate surface area is 113 Å². The number of likely N-dealkylation sites (N-methyl/N-ethyl adjacent to an activating group) is 2. The summed E-state index contributed by atoms with van der Waals surface area (Å²) >= 11 is 0. The topological polar surface area (TPSA) is 18.5 Å². The van der Waals surface area contributed by atoms with Crippen LogP contribution in [-0.2, 0) is 0 Å². The van der Waals surface area contributed by atoms with Crippen LogP contribution in [0.4, 0.5) is 0 Å². The Morgan fingerprint density at radius 1 is 1.22 bits per heavy atom. The van der Waals surface area contributed by atoms with Gasteiger partial charge in [0.25, 0.3) is 0 Å². The summed E-state index contributed by atoms with van der Waals surface area (Å²) in [7, 11) is 4.45. The van der Waals surface area contributed by atoms with E-state index in [0.29, 0.717) is 6.04 Å². The lowest BCUT2D eigenvalue weighted by atomic mass is 9.82. The minimum absolute atomic E-state index is 0.699. The number of rotatable bonds is 5. The number of nitrogens with zero attached hydrogens (tertiary/aromatic N) is 2. The molecule has 1 saturated heterocycles. The molecule has 2 rings (SSSR count). The van der Waals surface area contributed by atoms with Gasteiger partial charge in [-0.1, -0.05) is 6.92 Å². The summed E-state index contributed by atoms with van der Waals surface area (Å²) in [4.78, 5) is 5.23. The third-order valence-corrected chi connectivity index (χ3v) is 4.98. The third-order valence-electron chi connectivity index (χ3n) is 4.98. The molecule has 2 fully saturated rings. The zero-order valence-corrected chi connectivity index (χ0v) is 12.5. The maximum Gasteiger partial charge on any atom is 0.0249 e. The van der Waals surface area contributed by atoms with Crippen LogP contribution in [0.25, 0.3) is 0 Å². The molecule has 2 aliphatic rings. The highest BCUT2D eigenvalue weighted by atomic mass is 15.2. The fraction of sp³-hybridized carbons (Fsp3) is 1.00. The van der Waals surface area contributed by atoms with Crippen molar-refractivity contribution in [1.29, 1.82) is 0 Å². The fourth-order valence-corrected chi connectivity index (χ4v) is 3.65. The first kappa shape index (κ1) is 14.3. The number of nitrogens with one attached hydrogen (secondary N) is 1. The third kappa shape index (κ3) is 3.69. The lowest BCUT2D eigenvalue weighted by Gasteiger charge is -2.40. The predicted octanol–water partition coefficient (Wildman–Crippen LogP) is 1.79. The van der Waals surface area contributed by atoms with E-state index in [-0.39, 0.29) is 0 Å². The van der Waals surface area contributed by atoms with Gasteiger partial charge in [0.15, 0.2) is 0 Å². The molecule has 0 radical (unpaired) electrons. The molecule has 106 valence electrons. The van der Waals surface area contributed by atoms with Gasteiger partial charge in [0.05, 0.1) is 0 Å². The number of hydrogen-bond acceptors (Lipinski definition) is 3. The summed E-state index contributed by atoms with van der Waals surface area (Å²) in [6.45, 7) is 7.55. The minimum atomic E-state index is 0.699. The maximum absolute atomic E-state index is 3.53. The highest BCUT2D eigenvalue weighted by Crippen LogP contribution is 2.27. The molecule has 0 amide bonds. The van der Waals surface area contributed by atoms with Gasteiger partial charge in [0.2, 0.25) is 0 Å². The number of likely N-dealkylation sites (tertiary alicyclic amines) is 1. The van der Waals surface area contributed by atoms with Crippen molar-refractivity contribution in [3.8, 4) is 0 Å². The van der Waals surface area contributed by atoms with E-state index in [4.69, 9.17) is 0 Å². The zero-order valence-electron chi connectivity index (χ0n) is 12.5. The van der Waals surface area contributed by atoms with Crippen LogP contribution in [0.5, 0.6) is 0 Å². The largest absolute Gasteiger partial charge is 0.315 e. The molecule has 3 unspecified atom stereocenters. The highest BCUT2D eigenvalue weighted by Gasteiger charge is 2.30. The summed E-state index contributed by atoms with van der Waals surface area (Å²) in [5, 5.41) is 3.53. The van der Waals surface area contributed by atoms with Crippen molar-refractivity contribution in [2.75, 3.05) is 40.3 Å². The van der Waals surface area contributed by atoms with E-state index in [2.05, 4.69) is 36.1 Å². The molecule has 0 spiro atoms. The smallest absolute Gasteiger partial charge is 0.0249 e. The minimum Gasteiger partial charge on any atom is -0.315 e. The quantitative estimate of drug-likeness (QED) is 0.806. The molecular formula is C15H31N3. The van der Waals surface area contributed by atoms with E-state index in [1.54, 1.807) is 0 Å². The highest BCUT2D eigenvalue weighted by molar-refractivity contribution is 4.89. The second-order valence-corrected chi connectivity index (χ2v) is 6.41. The van der Waals surface area contributed by atoms with Crippen molar-refractivity contribution in [1.82, 2.24) is 15.1 Å². The maximum atomic E-state index is 3.53. The van der Waals surface area contributed by atoms with Crippen LogP contribution in [0.15, 0.2) is 0 Å². The average molecular weight is 253 g/mol. The first-order chi connectivity index (χ1) is 8.70. The van der Waals surface area contributed by atoms with Gasteiger partial charge in [-0.2, -0.15) is 0 Å². The summed E-state index contributed by atoms with van der Waals surface area (Å²) < 4.78 is 0. The van der Waals surface area contributed by atoms with Crippen molar-refractivity contribution < 1.29 is 0 Å². The number of hydrogen-bond donors (Lipinski definition) is 1. The van der Waals surface area contributed by atoms with Gasteiger partial charge in [-0.25, -0.2) is 0 Å². The molecule has 1 saturated carbocycles. The summed E-state index contributed by atoms with van der Waals surface area (Å²) in [6.07, 6.45) is 6.91. The van der Waals surface area contributed by atoms with Crippen LogP contribution in [0.1, 0.15) is 39.0 Å². The molecule has 18 heavy (non-hydrogen) atoms. The van der Waals surface area contributed by atoms with Crippen molar-refractivity contribution in [2.45, 2.75) is 51.1 Å². The normalized spacial score (nSPS) is 34.3. The first-order valence-corrected chi connectivity index (χ1v) is 7.80. The lowest BCUT2D eigenvalue weighted by Crippen LogP contribution is -2.52. The molecule has 3 atom stereocenters. The van der Waals surface area contributed by atoms with Gasteiger partial charge in [0, 0.05) is 25.2 Å². The first-order valence-electron chi connectivity index (χ1n) is 7.80. The molecule has 0 aromatic carbocycles. The molecule has 3 heteroatoms.